The van der Waals surface area contributed by atoms with Gasteiger partial charge in [-0.3, -0.25) is 0 Å². The van der Waals surface area contributed by atoms with E-state index in [2.05, 4.69) is 97.5 Å². The predicted octanol–water partition coefficient (Wildman–Crippen LogP) is 2.56. The molecule has 352 valence electrons. The minimum atomic E-state index is -4.97. The standard InChI is InChI=1S/C42H46N16O8P2/c1-41(2)18-26(48-38-57-35(45-23-6-12-28(13-7-23)68(64,65)66)56-37(58-38)47-25-9-15-30-32(17-25)52-40(60)50-30)19-42(3,20-41)21-43-33-53-34(44-22-4-10-27(11-5-22)67(61,62)63)55-36(54-33)46-24-8-14-29-31(16-24)51-39(59)49-29/h4-17,26H,18-21H2,1-3H3,(H2,49,51,59)(H2,50,52,60)(H2,61,62,63)(H2,64,65,66)(H3,43,44,46,53,54,55)(H3,45,47,48,56,57,58)/p-4. The number of nitrogens with zero attached hydrogens (tertiary/aromatic N) is 6. The molecule has 2 atom stereocenters. The third kappa shape index (κ3) is 11.0. The number of rotatable bonds is 15. The second-order valence-electron chi connectivity index (χ2n) is 17.6. The lowest BCUT2D eigenvalue weighted by atomic mass is 9.62. The van der Waals surface area contributed by atoms with Gasteiger partial charge in [0.2, 0.25) is 35.7 Å². The summed E-state index contributed by atoms with van der Waals surface area (Å²) in [5, 5.41) is 18.7. The lowest BCUT2D eigenvalue weighted by Crippen LogP contribution is -2.45. The van der Waals surface area contributed by atoms with E-state index in [4.69, 9.17) is 4.98 Å². The van der Waals surface area contributed by atoms with E-state index in [9.17, 15) is 38.3 Å². The highest BCUT2D eigenvalue weighted by Crippen LogP contribution is 2.47. The van der Waals surface area contributed by atoms with Crippen LogP contribution in [0, 0.1) is 10.8 Å². The molecule has 0 bridgehead atoms. The Hall–Kier alpha value is -7.46. The highest BCUT2D eigenvalue weighted by Gasteiger charge is 2.41. The van der Waals surface area contributed by atoms with Gasteiger partial charge in [0, 0.05) is 35.3 Å². The lowest BCUT2D eigenvalue weighted by molar-refractivity contribution is -0.309. The molecule has 24 nitrogen and oxygen atoms in total. The van der Waals surface area contributed by atoms with Gasteiger partial charge in [-0.05, 0) is 117 Å². The van der Waals surface area contributed by atoms with Crippen LogP contribution in [-0.4, -0.2) is 62.4 Å². The summed E-state index contributed by atoms with van der Waals surface area (Å²) in [4.78, 5) is 109. The second-order valence-corrected chi connectivity index (χ2v) is 20.7. The zero-order chi connectivity index (χ0) is 48.0. The van der Waals surface area contributed by atoms with Crippen LogP contribution < -0.4 is 73.5 Å². The van der Waals surface area contributed by atoms with Crippen LogP contribution in [-0.2, 0) is 9.13 Å². The van der Waals surface area contributed by atoms with Gasteiger partial charge >= 0.3 is 11.4 Å². The molecule has 9 rings (SSSR count). The number of aromatic amines is 4. The van der Waals surface area contributed by atoms with Crippen molar-refractivity contribution < 1.29 is 28.7 Å². The quantitative estimate of drug-likeness (QED) is 0.0660. The Morgan fingerprint density at radius 3 is 1.35 bits per heavy atom. The zero-order valence-electron chi connectivity index (χ0n) is 36.3. The molecule has 0 saturated heterocycles. The maximum absolute atomic E-state index is 11.9. The summed E-state index contributed by atoms with van der Waals surface area (Å²) in [5.41, 5.74) is 3.04. The Balaban J connectivity index is 0.967. The molecular weight excluding hydrogens is 919 g/mol. The van der Waals surface area contributed by atoms with Crippen molar-refractivity contribution in [2.24, 2.45) is 10.8 Å². The zero-order valence-corrected chi connectivity index (χ0v) is 38.1. The van der Waals surface area contributed by atoms with Crippen molar-refractivity contribution in [3.05, 3.63) is 106 Å². The number of hydrogen-bond donors (Lipinski definition) is 10. The molecule has 4 aromatic heterocycles. The lowest BCUT2D eigenvalue weighted by Gasteiger charge is -2.47. The number of aromatic nitrogens is 10. The molecule has 10 N–H and O–H groups in total. The monoisotopic (exact) mass is 960 g/mol. The first-order valence-corrected chi connectivity index (χ1v) is 24.1. The van der Waals surface area contributed by atoms with E-state index in [0.29, 0.717) is 57.8 Å². The summed E-state index contributed by atoms with van der Waals surface area (Å²) in [6.07, 6.45) is 2.17. The van der Waals surface area contributed by atoms with Crippen LogP contribution in [0.5, 0.6) is 0 Å². The van der Waals surface area contributed by atoms with E-state index >= 15 is 0 Å². The van der Waals surface area contributed by atoms with E-state index in [-0.39, 0.29) is 74.6 Å². The fourth-order valence-electron chi connectivity index (χ4n) is 8.66. The molecule has 8 aromatic rings. The number of hydrogen-bond acceptors (Lipinski definition) is 20. The first kappa shape index (κ1) is 45.7. The Bertz CT molecular complexity index is 3380. The molecule has 4 aromatic carbocycles. The van der Waals surface area contributed by atoms with Crippen LogP contribution in [0.1, 0.15) is 40.0 Å². The van der Waals surface area contributed by atoms with Crippen molar-refractivity contribution in [2.75, 3.05) is 38.4 Å². The molecular formula is C42H42N16O8P2-4. The van der Waals surface area contributed by atoms with Crippen LogP contribution in [0.2, 0.25) is 0 Å². The Kier molecular flexibility index (Phi) is 11.9. The predicted molar refractivity (Wildman–Crippen MR) is 250 cm³/mol. The average molecular weight is 961 g/mol. The number of benzene rings is 4. The summed E-state index contributed by atoms with van der Waals surface area (Å²) in [5.74, 6) is 0.949. The minimum absolute atomic E-state index is 0.103. The van der Waals surface area contributed by atoms with Gasteiger partial charge in [-0.25, -0.2) is 9.59 Å². The van der Waals surface area contributed by atoms with E-state index in [1.165, 1.54) is 48.5 Å². The Morgan fingerprint density at radius 2 is 0.912 bits per heavy atom. The van der Waals surface area contributed by atoms with Crippen molar-refractivity contribution in [1.82, 2.24) is 49.8 Å². The maximum atomic E-state index is 11.9. The van der Waals surface area contributed by atoms with Crippen LogP contribution in [0.4, 0.5) is 58.4 Å². The minimum Gasteiger partial charge on any atom is -0.807 e. The maximum Gasteiger partial charge on any atom is 0.323 e. The molecule has 26 heteroatoms. The summed E-state index contributed by atoms with van der Waals surface area (Å²) in [7, 11) is -9.93. The van der Waals surface area contributed by atoms with E-state index < -0.39 is 15.2 Å². The van der Waals surface area contributed by atoms with Gasteiger partial charge in [-0.2, -0.15) is 29.9 Å². The van der Waals surface area contributed by atoms with Crippen LogP contribution in [0.15, 0.2) is 94.5 Å². The van der Waals surface area contributed by atoms with E-state index in [0.717, 1.165) is 12.8 Å². The summed E-state index contributed by atoms with van der Waals surface area (Å²) in [6, 6.07) is 20.7. The van der Waals surface area contributed by atoms with Gasteiger partial charge in [0.25, 0.3) is 0 Å². The SMILES string of the molecule is CC1(C)CC(Nc2nc(Nc3ccc(P(=O)([O-])[O-])cc3)nc(Nc3ccc4[nH]c(=O)[nH]c4c3)n2)CC(C)(CNc2nc(Nc3ccc(P(=O)([O-])[O-])cc3)nc(Nc3ccc4[nH]c(=O)[nH]c4c3)n2)C1. The summed E-state index contributed by atoms with van der Waals surface area (Å²) >= 11 is 0. The van der Waals surface area contributed by atoms with Crippen molar-refractivity contribution in [1.29, 1.82) is 0 Å². The van der Waals surface area contributed by atoms with Gasteiger partial charge in [0.15, 0.2) is 0 Å². The smallest absolute Gasteiger partial charge is 0.323 e. The van der Waals surface area contributed by atoms with E-state index in [1.54, 1.807) is 36.4 Å². The largest absolute Gasteiger partial charge is 0.807 e. The van der Waals surface area contributed by atoms with Crippen LogP contribution in [0.25, 0.3) is 22.1 Å². The van der Waals surface area contributed by atoms with Crippen LogP contribution >= 0.6 is 15.2 Å². The van der Waals surface area contributed by atoms with Gasteiger partial charge in [0.05, 0.1) is 22.1 Å². The number of anilines is 10. The summed E-state index contributed by atoms with van der Waals surface area (Å²) < 4.78 is 23.2. The molecule has 68 heavy (non-hydrogen) atoms. The molecule has 0 spiro atoms. The molecule has 0 radical (unpaired) electrons. The molecule has 0 aliphatic heterocycles. The molecule has 4 heterocycles. The van der Waals surface area contributed by atoms with Crippen LogP contribution in [0.3, 0.4) is 0 Å². The van der Waals surface area contributed by atoms with Gasteiger partial charge in [-0.1, -0.05) is 45.0 Å². The number of nitrogens with one attached hydrogen (secondary N) is 10. The van der Waals surface area contributed by atoms with Crippen molar-refractivity contribution in [3.8, 4) is 0 Å². The highest BCUT2D eigenvalue weighted by atomic mass is 31.2. The third-order valence-corrected chi connectivity index (χ3v) is 13.0. The van der Waals surface area contributed by atoms with Crippen molar-refractivity contribution >= 4 is 106 Å². The fraction of sp³-hybridized carbons (Fsp3) is 0.238. The number of H-pyrrole nitrogens is 4. The molecule has 1 saturated carbocycles. The fourth-order valence-corrected chi connectivity index (χ4v) is 9.68. The second kappa shape index (κ2) is 17.6. The normalized spacial score (nSPS) is 17.2. The topological polar surface area (TPSA) is 373 Å². The molecule has 2 unspecified atom stereocenters. The molecule has 1 aliphatic rings. The Morgan fingerprint density at radius 1 is 0.529 bits per heavy atom. The van der Waals surface area contributed by atoms with E-state index in [1.807, 2.05) is 0 Å². The molecule has 1 aliphatic carbocycles. The molecule has 0 amide bonds. The first-order valence-electron chi connectivity index (χ1n) is 21.0. The van der Waals surface area contributed by atoms with Crippen molar-refractivity contribution in [2.45, 2.75) is 46.1 Å². The van der Waals surface area contributed by atoms with Crippen molar-refractivity contribution in [3.63, 3.8) is 0 Å². The summed E-state index contributed by atoms with van der Waals surface area (Å²) in [6.45, 7) is 6.90. The first-order chi connectivity index (χ1) is 32.2. The number of imidazole rings is 2. The molecule has 1 fully saturated rings. The number of fused-ring (bicyclic) bond motifs is 2. The van der Waals surface area contributed by atoms with Gasteiger partial charge in [0.1, 0.15) is 0 Å². The van der Waals surface area contributed by atoms with Gasteiger partial charge < -0.3 is 80.5 Å². The van der Waals surface area contributed by atoms with Gasteiger partial charge in [-0.15, -0.1) is 0 Å². The third-order valence-electron chi connectivity index (χ3n) is 11.1. The average Bonchev–Trinajstić information content (AvgIpc) is 3.81. The Labute approximate surface area is 385 Å². The highest BCUT2D eigenvalue weighted by molar-refractivity contribution is 7.57.